The molecule has 2 aliphatic heterocycles. The van der Waals surface area contributed by atoms with Crippen molar-refractivity contribution < 1.29 is 27.5 Å². The van der Waals surface area contributed by atoms with E-state index in [4.69, 9.17) is 28.3 Å². The lowest BCUT2D eigenvalue weighted by Gasteiger charge is -2.29. The summed E-state index contributed by atoms with van der Waals surface area (Å²) in [5.41, 5.74) is 0.800. The number of sulfonamides is 1. The number of nitrogens with one attached hydrogen (secondary N) is 1. The molecular weight excluding hydrogens is 660 g/mol. The Morgan fingerprint density at radius 1 is 1.07 bits per heavy atom. The number of carbonyl (C=O) groups excluding carboxylic acids is 2. The van der Waals surface area contributed by atoms with Crippen LogP contribution in [0.25, 0.3) is 11.1 Å². The maximum atomic E-state index is 14.4. The van der Waals surface area contributed by atoms with E-state index >= 15 is 0 Å². The van der Waals surface area contributed by atoms with Gasteiger partial charge in [-0.1, -0.05) is 47.5 Å². The second-order valence-corrected chi connectivity index (χ2v) is 13.9. The summed E-state index contributed by atoms with van der Waals surface area (Å²) in [6.45, 7) is 1.42. The number of aliphatic hydroxyl groups is 1. The Labute approximate surface area is 273 Å². The Balaban J connectivity index is 1.43. The van der Waals surface area contributed by atoms with Crippen molar-refractivity contribution in [3.8, 4) is 11.1 Å². The molecule has 0 radical (unpaired) electrons. The number of benzene rings is 2. The van der Waals surface area contributed by atoms with E-state index in [1.54, 1.807) is 31.2 Å². The number of hydrogen-bond acceptors (Lipinski definition) is 8. The Kier molecular flexibility index (Phi) is 8.59. The minimum atomic E-state index is -4.36. The molecule has 4 aromatic rings. The quantitative estimate of drug-likeness (QED) is 0.253. The lowest BCUT2D eigenvalue weighted by atomic mass is 9.91. The number of anilines is 2. The van der Waals surface area contributed by atoms with Crippen LogP contribution in [0.1, 0.15) is 25.3 Å². The first-order valence-electron chi connectivity index (χ1n) is 14.3. The van der Waals surface area contributed by atoms with Gasteiger partial charge in [-0.15, -0.1) is 0 Å². The molecule has 0 aliphatic carbocycles. The Hall–Kier alpha value is -3.95. The van der Waals surface area contributed by atoms with E-state index in [0.717, 1.165) is 4.31 Å². The molecule has 0 unspecified atom stereocenters. The zero-order chi connectivity index (χ0) is 32.8. The molecule has 2 aliphatic rings. The number of amides is 2. The molecule has 2 N–H and O–H groups in total. The van der Waals surface area contributed by atoms with Gasteiger partial charge in [0, 0.05) is 47.5 Å². The second-order valence-electron chi connectivity index (χ2n) is 11.2. The SMILES string of the molecule is C[C@@]1(Cc2ccc(-c3cnc(F)nc3)cc2)C(=O)N(c2cc(Cl)cc(Cl)c2)c2ncc(S(=O)(=O)N3CCC[C@H]3C(=O)NCCO)n21. The molecule has 2 aromatic heterocycles. The van der Waals surface area contributed by atoms with Crippen molar-refractivity contribution >= 4 is 56.7 Å². The van der Waals surface area contributed by atoms with Crippen LogP contribution >= 0.6 is 23.2 Å². The lowest BCUT2D eigenvalue weighted by Crippen LogP contribution is -2.48. The first kappa shape index (κ1) is 32.0. The molecule has 2 aromatic carbocycles. The monoisotopic (exact) mass is 687 g/mol. The van der Waals surface area contributed by atoms with Crippen LogP contribution in [0.15, 0.2) is 66.1 Å². The van der Waals surface area contributed by atoms with Crippen molar-refractivity contribution in [1.29, 1.82) is 0 Å². The molecular formula is C30H28Cl2FN7O5S. The summed E-state index contributed by atoms with van der Waals surface area (Å²) in [6.07, 6.45) is 3.87. The average Bonchev–Trinajstić information content (AvgIpc) is 3.74. The fourth-order valence-corrected chi connectivity index (χ4v) is 8.35. The van der Waals surface area contributed by atoms with Crippen LogP contribution in [0.3, 0.4) is 0 Å². The predicted molar refractivity (Wildman–Crippen MR) is 168 cm³/mol. The third kappa shape index (κ3) is 5.64. The van der Waals surface area contributed by atoms with Crippen LogP contribution in [0.5, 0.6) is 0 Å². The molecule has 240 valence electrons. The van der Waals surface area contributed by atoms with Crippen LogP contribution in [-0.2, 0) is 31.6 Å². The number of imidazole rings is 1. The summed E-state index contributed by atoms with van der Waals surface area (Å²) in [4.78, 5) is 40.2. The standard InChI is InChI=1S/C30H28Cl2FN7O5S/c1-30(14-18-4-6-19(7-5-18)20-15-35-28(33)36-16-20)27(43)39(23-12-21(31)11-22(32)13-23)29-37-17-25(40(29)30)46(44,45)38-9-2-3-24(38)26(42)34-8-10-41/h4-7,11-13,15-17,24,41H,2-3,8-10,14H2,1H3,(H,34,42)/t24-,30+/m0/s1. The summed E-state index contributed by atoms with van der Waals surface area (Å²) in [6, 6.07) is 10.7. The van der Waals surface area contributed by atoms with Gasteiger partial charge in [-0.25, -0.2) is 28.3 Å². The van der Waals surface area contributed by atoms with Gasteiger partial charge in [0.05, 0.1) is 18.5 Å². The summed E-state index contributed by atoms with van der Waals surface area (Å²) < 4.78 is 44.3. The molecule has 12 nitrogen and oxygen atoms in total. The molecule has 2 atom stereocenters. The molecule has 1 fully saturated rings. The second kappa shape index (κ2) is 12.3. The zero-order valence-electron chi connectivity index (χ0n) is 24.4. The molecule has 0 bridgehead atoms. The largest absolute Gasteiger partial charge is 0.395 e. The third-order valence-electron chi connectivity index (χ3n) is 8.12. The number of fused-ring (bicyclic) bond motifs is 1. The van der Waals surface area contributed by atoms with Crippen LogP contribution in [-0.4, -0.2) is 74.9 Å². The van der Waals surface area contributed by atoms with Crippen molar-refractivity contribution in [1.82, 2.24) is 29.1 Å². The lowest BCUT2D eigenvalue weighted by molar-refractivity contribution is -0.125. The highest BCUT2D eigenvalue weighted by molar-refractivity contribution is 7.89. The van der Waals surface area contributed by atoms with Crippen LogP contribution < -0.4 is 10.2 Å². The first-order valence-corrected chi connectivity index (χ1v) is 16.5. The topological polar surface area (TPSA) is 151 Å². The smallest absolute Gasteiger partial charge is 0.308 e. The van der Waals surface area contributed by atoms with Crippen molar-refractivity contribution in [3.05, 3.63) is 82.7 Å². The van der Waals surface area contributed by atoms with E-state index < -0.39 is 39.5 Å². The minimum absolute atomic E-state index is 0.0119. The maximum absolute atomic E-state index is 14.4. The average molecular weight is 689 g/mol. The predicted octanol–water partition coefficient (Wildman–Crippen LogP) is 3.68. The van der Waals surface area contributed by atoms with Gasteiger partial charge in [0.25, 0.3) is 15.9 Å². The van der Waals surface area contributed by atoms with Gasteiger partial charge in [-0.3, -0.25) is 14.2 Å². The normalized spacial score (nSPS) is 19.9. The minimum Gasteiger partial charge on any atom is -0.395 e. The molecule has 4 heterocycles. The number of aromatic nitrogens is 4. The highest BCUT2D eigenvalue weighted by Gasteiger charge is 2.53. The molecule has 6 rings (SSSR count). The van der Waals surface area contributed by atoms with Gasteiger partial charge in [0.2, 0.25) is 11.9 Å². The van der Waals surface area contributed by atoms with E-state index in [1.165, 1.54) is 46.3 Å². The number of carbonyl (C=O) groups is 2. The van der Waals surface area contributed by atoms with E-state index in [9.17, 15) is 22.4 Å². The Morgan fingerprint density at radius 2 is 1.74 bits per heavy atom. The van der Waals surface area contributed by atoms with Gasteiger partial charge < -0.3 is 10.4 Å². The summed E-state index contributed by atoms with van der Waals surface area (Å²) in [7, 11) is -4.36. The van der Waals surface area contributed by atoms with Crippen molar-refractivity contribution in [3.63, 3.8) is 0 Å². The number of hydrogen-bond donors (Lipinski definition) is 2. The number of rotatable bonds is 9. The van der Waals surface area contributed by atoms with Gasteiger partial charge in [-0.2, -0.15) is 8.70 Å². The van der Waals surface area contributed by atoms with Gasteiger partial charge in [-0.05, 0) is 49.1 Å². The Bertz CT molecular complexity index is 1900. The molecule has 16 heteroatoms. The summed E-state index contributed by atoms with van der Waals surface area (Å²) in [5.74, 6) is -0.943. The van der Waals surface area contributed by atoms with E-state index in [-0.39, 0.29) is 47.1 Å². The molecule has 46 heavy (non-hydrogen) atoms. The van der Waals surface area contributed by atoms with Crippen LogP contribution in [0, 0.1) is 6.08 Å². The van der Waals surface area contributed by atoms with Crippen LogP contribution in [0.2, 0.25) is 10.0 Å². The Morgan fingerprint density at radius 3 is 2.39 bits per heavy atom. The van der Waals surface area contributed by atoms with Gasteiger partial charge in [0.1, 0.15) is 11.6 Å². The van der Waals surface area contributed by atoms with E-state index in [0.29, 0.717) is 35.2 Å². The highest BCUT2D eigenvalue weighted by atomic mass is 35.5. The fraction of sp³-hybridized carbons (Fsp3) is 0.300. The van der Waals surface area contributed by atoms with Crippen LogP contribution in [0.4, 0.5) is 16.0 Å². The number of halogens is 3. The molecule has 0 spiro atoms. The fourth-order valence-electron chi connectivity index (χ4n) is 5.99. The van der Waals surface area contributed by atoms with E-state index in [2.05, 4.69) is 20.3 Å². The molecule has 1 saturated heterocycles. The summed E-state index contributed by atoms with van der Waals surface area (Å²) in [5, 5.41) is 12.0. The number of aliphatic hydroxyl groups excluding tert-OH is 1. The third-order valence-corrected chi connectivity index (χ3v) is 10.4. The van der Waals surface area contributed by atoms with Crippen molar-refractivity contribution in [2.75, 3.05) is 24.6 Å². The molecule has 0 saturated carbocycles. The molecule has 2 amide bonds. The van der Waals surface area contributed by atoms with Crippen molar-refractivity contribution in [2.45, 2.75) is 42.8 Å². The first-order chi connectivity index (χ1) is 21.9. The highest BCUT2D eigenvalue weighted by Crippen LogP contribution is 2.45. The van der Waals surface area contributed by atoms with Gasteiger partial charge in [0.15, 0.2) is 5.03 Å². The number of nitrogens with zero attached hydrogens (tertiary/aromatic N) is 6. The zero-order valence-corrected chi connectivity index (χ0v) is 26.7. The maximum Gasteiger partial charge on any atom is 0.308 e. The van der Waals surface area contributed by atoms with Gasteiger partial charge >= 0.3 is 6.08 Å². The van der Waals surface area contributed by atoms with Crippen molar-refractivity contribution in [2.24, 2.45) is 0 Å². The van der Waals surface area contributed by atoms with E-state index in [1.807, 2.05) is 0 Å². The summed E-state index contributed by atoms with van der Waals surface area (Å²) >= 11 is 12.6.